The molecule has 1 aromatic carbocycles. The van der Waals surface area contributed by atoms with Crippen LogP contribution in [-0.4, -0.2) is 35.5 Å². The average Bonchev–Trinajstić information content (AvgIpc) is 3.07. The number of hydrogen-bond donors (Lipinski definition) is 1. The maximum Gasteiger partial charge on any atom is 0.323 e. The van der Waals surface area contributed by atoms with Crippen LogP contribution in [0.1, 0.15) is 17.9 Å². The van der Waals surface area contributed by atoms with Crippen molar-refractivity contribution in [2.24, 2.45) is 5.92 Å². The maximum absolute atomic E-state index is 12.0. The number of carboxylic acid groups (broad SMARTS) is 1. The van der Waals surface area contributed by atoms with Gasteiger partial charge in [0.15, 0.2) is 0 Å². The number of halogens is 1. The van der Waals surface area contributed by atoms with Gasteiger partial charge in [-0.1, -0.05) is 29.8 Å². The van der Waals surface area contributed by atoms with Gasteiger partial charge in [0.05, 0.1) is 0 Å². The van der Waals surface area contributed by atoms with Crippen LogP contribution in [0.5, 0.6) is 0 Å². The Kier molecular flexibility index (Phi) is 3.57. The molecule has 0 unspecified atom stereocenters. The average molecular weight is 268 g/mol. The molecule has 0 heterocycles. The second-order valence-electron chi connectivity index (χ2n) is 4.56. The van der Waals surface area contributed by atoms with E-state index in [0.29, 0.717) is 5.02 Å². The Morgan fingerprint density at radius 3 is 2.72 bits per heavy atom. The Morgan fingerprint density at radius 2 is 2.11 bits per heavy atom. The van der Waals surface area contributed by atoms with Crippen molar-refractivity contribution < 1.29 is 14.7 Å². The molecular formula is C13H14ClNO3. The zero-order valence-corrected chi connectivity index (χ0v) is 10.7. The van der Waals surface area contributed by atoms with Gasteiger partial charge >= 0.3 is 5.97 Å². The maximum atomic E-state index is 12.0. The lowest BCUT2D eigenvalue weighted by atomic mass is 10.1. The lowest BCUT2D eigenvalue weighted by Gasteiger charge is -2.14. The van der Waals surface area contributed by atoms with E-state index in [-0.39, 0.29) is 24.3 Å². The summed E-state index contributed by atoms with van der Waals surface area (Å²) in [7, 11) is 1.51. The van der Waals surface area contributed by atoms with Gasteiger partial charge in [-0.25, -0.2) is 0 Å². The van der Waals surface area contributed by atoms with Crippen LogP contribution < -0.4 is 0 Å². The van der Waals surface area contributed by atoms with Gasteiger partial charge in [-0.15, -0.1) is 0 Å². The number of carbonyl (C=O) groups excluding carboxylic acids is 1. The molecule has 0 spiro atoms. The highest BCUT2D eigenvalue weighted by atomic mass is 35.5. The van der Waals surface area contributed by atoms with E-state index in [1.165, 1.54) is 11.9 Å². The van der Waals surface area contributed by atoms with Crippen molar-refractivity contribution in [1.82, 2.24) is 4.90 Å². The van der Waals surface area contributed by atoms with Crippen LogP contribution in [0.15, 0.2) is 24.3 Å². The molecule has 18 heavy (non-hydrogen) atoms. The molecule has 2 atom stereocenters. The third-order valence-electron chi connectivity index (χ3n) is 3.16. The monoisotopic (exact) mass is 267 g/mol. The molecule has 4 nitrogen and oxygen atoms in total. The fourth-order valence-electron chi connectivity index (χ4n) is 2.15. The SMILES string of the molecule is CN(CC(=O)O)C(=O)[C@H]1C[C@H]1c1ccccc1Cl. The normalized spacial score (nSPS) is 21.4. The number of benzene rings is 1. The van der Waals surface area contributed by atoms with Crippen molar-refractivity contribution >= 4 is 23.5 Å². The quantitative estimate of drug-likeness (QED) is 0.908. The summed E-state index contributed by atoms with van der Waals surface area (Å²) in [5, 5.41) is 9.31. The topological polar surface area (TPSA) is 57.6 Å². The number of rotatable bonds is 4. The first-order valence-electron chi connectivity index (χ1n) is 5.72. The second kappa shape index (κ2) is 4.98. The summed E-state index contributed by atoms with van der Waals surface area (Å²) in [6, 6.07) is 7.46. The Morgan fingerprint density at radius 1 is 1.44 bits per heavy atom. The number of nitrogens with zero attached hydrogens (tertiary/aromatic N) is 1. The fourth-order valence-corrected chi connectivity index (χ4v) is 2.43. The van der Waals surface area contributed by atoms with Gasteiger partial charge in [-0.05, 0) is 24.0 Å². The molecule has 1 saturated carbocycles. The van der Waals surface area contributed by atoms with Gasteiger partial charge in [0.2, 0.25) is 5.91 Å². The van der Waals surface area contributed by atoms with Gasteiger partial charge in [0.1, 0.15) is 6.54 Å². The van der Waals surface area contributed by atoms with Crippen molar-refractivity contribution in [1.29, 1.82) is 0 Å². The summed E-state index contributed by atoms with van der Waals surface area (Å²) in [5.74, 6) is -1.13. The van der Waals surface area contributed by atoms with Crippen molar-refractivity contribution in [3.8, 4) is 0 Å². The Hall–Kier alpha value is -1.55. The Labute approximate surface area is 110 Å². The standard InChI is InChI=1S/C13H14ClNO3/c1-15(7-12(16)17)13(18)10-6-9(10)8-4-2-3-5-11(8)14/h2-5,9-10H,6-7H2,1H3,(H,16,17)/t9-,10-/m0/s1. The van der Waals surface area contributed by atoms with Crippen LogP contribution in [0.25, 0.3) is 0 Å². The Balaban J connectivity index is 2.01. The van der Waals surface area contributed by atoms with Gasteiger partial charge in [0.25, 0.3) is 0 Å². The molecule has 1 aromatic rings. The van der Waals surface area contributed by atoms with E-state index in [4.69, 9.17) is 16.7 Å². The van der Waals surface area contributed by atoms with E-state index >= 15 is 0 Å². The van der Waals surface area contributed by atoms with E-state index < -0.39 is 5.97 Å². The summed E-state index contributed by atoms with van der Waals surface area (Å²) < 4.78 is 0. The minimum absolute atomic E-state index is 0.123. The Bertz CT molecular complexity index is 489. The number of hydrogen-bond acceptors (Lipinski definition) is 2. The fraction of sp³-hybridized carbons (Fsp3) is 0.385. The van der Waals surface area contributed by atoms with Gasteiger partial charge in [-0.2, -0.15) is 0 Å². The predicted molar refractivity (Wildman–Crippen MR) is 67.6 cm³/mol. The number of carbonyl (C=O) groups is 2. The molecule has 1 aliphatic rings. The number of likely N-dealkylation sites (N-methyl/N-ethyl adjacent to an activating group) is 1. The summed E-state index contributed by atoms with van der Waals surface area (Å²) in [4.78, 5) is 23.8. The second-order valence-corrected chi connectivity index (χ2v) is 4.97. The molecule has 96 valence electrons. The van der Waals surface area contributed by atoms with Crippen molar-refractivity contribution in [3.05, 3.63) is 34.9 Å². The van der Waals surface area contributed by atoms with Gasteiger partial charge in [0, 0.05) is 18.0 Å². The van der Waals surface area contributed by atoms with E-state index in [1.807, 2.05) is 18.2 Å². The summed E-state index contributed by atoms with van der Waals surface area (Å²) in [6.45, 7) is -0.259. The first-order chi connectivity index (χ1) is 8.50. The van der Waals surface area contributed by atoms with Crippen molar-refractivity contribution in [2.45, 2.75) is 12.3 Å². The largest absolute Gasteiger partial charge is 0.480 e. The molecule has 2 rings (SSSR count). The smallest absolute Gasteiger partial charge is 0.323 e. The summed E-state index contributed by atoms with van der Waals surface area (Å²) in [6.07, 6.45) is 0.743. The molecule has 0 bridgehead atoms. The molecular weight excluding hydrogens is 254 g/mol. The molecule has 0 aromatic heterocycles. The minimum Gasteiger partial charge on any atom is -0.480 e. The summed E-state index contributed by atoms with van der Waals surface area (Å²) >= 11 is 6.07. The highest BCUT2D eigenvalue weighted by molar-refractivity contribution is 6.31. The highest BCUT2D eigenvalue weighted by Gasteiger charge is 2.46. The third-order valence-corrected chi connectivity index (χ3v) is 3.51. The number of amides is 1. The summed E-state index contributed by atoms with van der Waals surface area (Å²) in [5.41, 5.74) is 0.973. The number of carboxylic acids is 1. The third kappa shape index (κ3) is 2.64. The zero-order valence-electron chi connectivity index (χ0n) is 9.97. The molecule has 1 fully saturated rings. The van der Waals surface area contributed by atoms with E-state index in [0.717, 1.165) is 12.0 Å². The zero-order chi connectivity index (χ0) is 13.3. The molecule has 0 aliphatic heterocycles. The van der Waals surface area contributed by atoms with Crippen molar-refractivity contribution in [2.75, 3.05) is 13.6 Å². The van der Waals surface area contributed by atoms with Crippen LogP contribution >= 0.6 is 11.6 Å². The first kappa shape index (κ1) is 12.9. The van der Waals surface area contributed by atoms with Crippen LogP contribution in [-0.2, 0) is 9.59 Å². The molecule has 1 aliphatic carbocycles. The van der Waals surface area contributed by atoms with Crippen LogP contribution in [0.2, 0.25) is 5.02 Å². The van der Waals surface area contributed by atoms with Crippen LogP contribution in [0.4, 0.5) is 0 Å². The molecule has 5 heteroatoms. The van der Waals surface area contributed by atoms with Gasteiger partial charge < -0.3 is 10.0 Å². The number of aliphatic carboxylic acids is 1. The molecule has 0 radical (unpaired) electrons. The minimum atomic E-state index is -0.999. The van der Waals surface area contributed by atoms with E-state index in [2.05, 4.69) is 0 Å². The lowest BCUT2D eigenvalue weighted by Crippen LogP contribution is -2.33. The van der Waals surface area contributed by atoms with Crippen molar-refractivity contribution in [3.63, 3.8) is 0 Å². The predicted octanol–water partition coefficient (Wildman–Crippen LogP) is 1.99. The molecule has 0 saturated heterocycles. The highest BCUT2D eigenvalue weighted by Crippen LogP contribution is 2.50. The molecule has 1 N–H and O–H groups in total. The van der Waals surface area contributed by atoms with E-state index in [9.17, 15) is 9.59 Å². The van der Waals surface area contributed by atoms with Gasteiger partial charge in [-0.3, -0.25) is 9.59 Å². The van der Waals surface area contributed by atoms with Crippen LogP contribution in [0, 0.1) is 5.92 Å². The lowest BCUT2D eigenvalue weighted by molar-refractivity contribution is -0.144. The molecule has 1 amide bonds. The van der Waals surface area contributed by atoms with Crippen LogP contribution in [0.3, 0.4) is 0 Å². The first-order valence-corrected chi connectivity index (χ1v) is 6.09. The van der Waals surface area contributed by atoms with E-state index in [1.54, 1.807) is 6.07 Å².